The lowest BCUT2D eigenvalue weighted by atomic mass is 9.97. The van der Waals surface area contributed by atoms with Gasteiger partial charge in [-0.05, 0) is 23.5 Å². The van der Waals surface area contributed by atoms with Gasteiger partial charge < -0.3 is 10.5 Å². The molecule has 1 aliphatic rings. The molecule has 0 amide bonds. The van der Waals surface area contributed by atoms with Gasteiger partial charge in [-0.15, -0.1) is 0 Å². The van der Waals surface area contributed by atoms with Crippen LogP contribution in [0.15, 0.2) is 24.3 Å². The SMILES string of the molecule is COC1CN(S(=O)(=O)Cc2ccc(CN)cc2)CCC1C. The first-order chi connectivity index (χ1) is 9.96. The van der Waals surface area contributed by atoms with E-state index in [0.717, 1.165) is 17.5 Å². The fourth-order valence-electron chi connectivity index (χ4n) is 2.64. The first kappa shape index (κ1) is 16.4. The fraction of sp³-hybridized carbons (Fsp3) is 0.600. The van der Waals surface area contributed by atoms with Crippen molar-refractivity contribution in [1.29, 1.82) is 0 Å². The van der Waals surface area contributed by atoms with Crippen LogP contribution >= 0.6 is 0 Å². The highest BCUT2D eigenvalue weighted by Gasteiger charge is 2.32. The van der Waals surface area contributed by atoms with E-state index in [1.165, 1.54) is 0 Å². The van der Waals surface area contributed by atoms with Crippen LogP contribution in [0.25, 0.3) is 0 Å². The van der Waals surface area contributed by atoms with Crippen molar-refractivity contribution in [1.82, 2.24) is 4.31 Å². The summed E-state index contributed by atoms with van der Waals surface area (Å²) in [5, 5.41) is 0. The first-order valence-corrected chi connectivity index (χ1v) is 8.85. The number of nitrogens with zero attached hydrogens (tertiary/aromatic N) is 1. The average Bonchev–Trinajstić information content (AvgIpc) is 2.48. The first-order valence-electron chi connectivity index (χ1n) is 7.24. The quantitative estimate of drug-likeness (QED) is 0.890. The maximum atomic E-state index is 12.5. The molecule has 0 aliphatic carbocycles. The maximum Gasteiger partial charge on any atom is 0.218 e. The molecule has 6 heteroatoms. The van der Waals surface area contributed by atoms with Gasteiger partial charge in [0.15, 0.2) is 0 Å². The second kappa shape index (κ2) is 6.87. The molecule has 2 atom stereocenters. The maximum absolute atomic E-state index is 12.5. The molecule has 5 nitrogen and oxygen atoms in total. The smallest absolute Gasteiger partial charge is 0.218 e. The molecule has 1 aromatic carbocycles. The highest BCUT2D eigenvalue weighted by atomic mass is 32.2. The van der Waals surface area contributed by atoms with E-state index < -0.39 is 10.0 Å². The molecule has 1 aromatic rings. The summed E-state index contributed by atoms with van der Waals surface area (Å²) in [6.45, 7) is 3.58. The van der Waals surface area contributed by atoms with Crippen LogP contribution in [0.2, 0.25) is 0 Å². The van der Waals surface area contributed by atoms with E-state index in [0.29, 0.717) is 25.6 Å². The number of rotatable bonds is 5. The van der Waals surface area contributed by atoms with Gasteiger partial charge in [-0.25, -0.2) is 8.42 Å². The number of piperidine rings is 1. The molecule has 2 N–H and O–H groups in total. The van der Waals surface area contributed by atoms with Crippen LogP contribution in [0.4, 0.5) is 0 Å². The molecule has 2 unspecified atom stereocenters. The van der Waals surface area contributed by atoms with Crippen molar-refractivity contribution in [3.8, 4) is 0 Å². The number of hydrogen-bond acceptors (Lipinski definition) is 4. The predicted octanol–water partition coefficient (Wildman–Crippen LogP) is 1.33. The molecule has 1 fully saturated rings. The summed E-state index contributed by atoms with van der Waals surface area (Å²) in [4.78, 5) is 0. The normalized spacial score (nSPS) is 24.1. The molecule has 0 aromatic heterocycles. The molecular formula is C15H24N2O3S. The molecule has 1 heterocycles. The molecule has 21 heavy (non-hydrogen) atoms. The van der Waals surface area contributed by atoms with E-state index >= 15 is 0 Å². The zero-order chi connectivity index (χ0) is 15.5. The molecule has 0 radical (unpaired) electrons. The standard InChI is InChI=1S/C15H24N2O3S/c1-12-7-8-17(10-15(12)20-2)21(18,19)11-14-5-3-13(9-16)4-6-14/h3-6,12,15H,7-11,16H2,1-2H3. The van der Waals surface area contributed by atoms with Crippen molar-refractivity contribution in [2.75, 3.05) is 20.2 Å². The number of benzene rings is 1. The minimum atomic E-state index is -3.30. The van der Waals surface area contributed by atoms with Crippen LogP contribution in [-0.4, -0.2) is 39.0 Å². The van der Waals surface area contributed by atoms with E-state index in [9.17, 15) is 8.42 Å². The van der Waals surface area contributed by atoms with Crippen LogP contribution in [0.1, 0.15) is 24.5 Å². The van der Waals surface area contributed by atoms with Gasteiger partial charge in [0, 0.05) is 26.7 Å². The Hall–Kier alpha value is -0.950. The highest BCUT2D eigenvalue weighted by Crippen LogP contribution is 2.23. The van der Waals surface area contributed by atoms with Gasteiger partial charge in [-0.2, -0.15) is 4.31 Å². The Morgan fingerprint density at radius 2 is 1.90 bits per heavy atom. The van der Waals surface area contributed by atoms with E-state index in [-0.39, 0.29) is 11.9 Å². The van der Waals surface area contributed by atoms with E-state index in [1.54, 1.807) is 11.4 Å². The van der Waals surface area contributed by atoms with Crippen molar-refractivity contribution >= 4 is 10.0 Å². The van der Waals surface area contributed by atoms with Crippen LogP contribution in [0.5, 0.6) is 0 Å². The zero-order valence-electron chi connectivity index (χ0n) is 12.7. The average molecular weight is 312 g/mol. The summed E-state index contributed by atoms with van der Waals surface area (Å²) >= 11 is 0. The largest absolute Gasteiger partial charge is 0.380 e. The third-order valence-corrected chi connectivity index (χ3v) is 5.97. The number of ether oxygens (including phenoxy) is 1. The summed E-state index contributed by atoms with van der Waals surface area (Å²) < 4.78 is 32.0. The Bertz CT molecular complexity index is 557. The number of sulfonamides is 1. The summed E-state index contributed by atoms with van der Waals surface area (Å²) in [5.41, 5.74) is 7.34. The summed E-state index contributed by atoms with van der Waals surface area (Å²) in [7, 11) is -1.66. The second-order valence-electron chi connectivity index (χ2n) is 5.67. The zero-order valence-corrected chi connectivity index (χ0v) is 13.5. The van der Waals surface area contributed by atoms with Gasteiger partial charge in [-0.1, -0.05) is 31.2 Å². The molecule has 2 rings (SSSR count). The van der Waals surface area contributed by atoms with Crippen LogP contribution in [0.3, 0.4) is 0 Å². The summed E-state index contributed by atoms with van der Waals surface area (Å²) in [5.74, 6) is 0.424. The van der Waals surface area contributed by atoms with Gasteiger partial charge >= 0.3 is 0 Å². The molecule has 1 saturated heterocycles. The fourth-order valence-corrected chi connectivity index (χ4v) is 4.19. The lowest BCUT2D eigenvalue weighted by Gasteiger charge is -2.35. The minimum Gasteiger partial charge on any atom is -0.380 e. The summed E-state index contributed by atoms with van der Waals surface area (Å²) in [6.07, 6.45) is 0.817. The van der Waals surface area contributed by atoms with Crippen molar-refractivity contribution in [3.63, 3.8) is 0 Å². The molecule has 0 bridgehead atoms. The third kappa shape index (κ3) is 4.03. The van der Waals surface area contributed by atoms with E-state index in [4.69, 9.17) is 10.5 Å². The van der Waals surface area contributed by atoms with E-state index in [1.807, 2.05) is 24.3 Å². The van der Waals surface area contributed by atoms with Crippen molar-refractivity contribution in [3.05, 3.63) is 35.4 Å². The second-order valence-corrected chi connectivity index (χ2v) is 7.64. The van der Waals surface area contributed by atoms with Crippen molar-refractivity contribution < 1.29 is 13.2 Å². The van der Waals surface area contributed by atoms with Gasteiger partial charge in [-0.3, -0.25) is 0 Å². The molecule has 0 saturated carbocycles. The van der Waals surface area contributed by atoms with Gasteiger partial charge in [0.25, 0.3) is 0 Å². The van der Waals surface area contributed by atoms with Crippen LogP contribution < -0.4 is 5.73 Å². The van der Waals surface area contributed by atoms with Crippen molar-refractivity contribution in [2.24, 2.45) is 11.7 Å². The third-order valence-electron chi connectivity index (χ3n) is 4.16. The van der Waals surface area contributed by atoms with Gasteiger partial charge in [0.1, 0.15) is 0 Å². The monoisotopic (exact) mass is 312 g/mol. The Labute approximate surface area is 127 Å². The summed E-state index contributed by atoms with van der Waals surface area (Å²) in [6, 6.07) is 7.42. The Kier molecular flexibility index (Phi) is 5.37. The van der Waals surface area contributed by atoms with E-state index in [2.05, 4.69) is 6.92 Å². The molecule has 0 spiro atoms. The minimum absolute atomic E-state index is 0.0202. The van der Waals surface area contributed by atoms with Gasteiger partial charge in [0.05, 0.1) is 11.9 Å². The molecule has 1 aliphatic heterocycles. The Morgan fingerprint density at radius 3 is 2.48 bits per heavy atom. The number of methoxy groups -OCH3 is 1. The van der Waals surface area contributed by atoms with Crippen LogP contribution in [0, 0.1) is 5.92 Å². The van der Waals surface area contributed by atoms with Crippen molar-refractivity contribution in [2.45, 2.75) is 31.7 Å². The predicted molar refractivity (Wildman–Crippen MR) is 83.1 cm³/mol. The topological polar surface area (TPSA) is 72.6 Å². The molecular weight excluding hydrogens is 288 g/mol. The Balaban J connectivity index is 2.07. The Morgan fingerprint density at radius 1 is 1.29 bits per heavy atom. The van der Waals surface area contributed by atoms with Crippen LogP contribution in [-0.2, 0) is 27.1 Å². The number of nitrogens with two attached hydrogens (primary N) is 1. The van der Waals surface area contributed by atoms with Gasteiger partial charge in [0.2, 0.25) is 10.0 Å². The number of hydrogen-bond donors (Lipinski definition) is 1. The lowest BCUT2D eigenvalue weighted by molar-refractivity contribution is 0.0183. The molecule has 118 valence electrons. The highest BCUT2D eigenvalue weighted by molar-refractivity contribution is 7.88. The lowest BCUT2D eigenvalue weighted by Crippen LogP contribution is -2.46.